The fraction of sp³-hybridized carbons (Fsp3) is 0.278. The van der Waals surface area contributed by atoms with Gasteiger partial charge in [0.05, 0.1) is 22.8 Å². The highest BCUT2D eigenvalue weighted by atomic mass is 35.5. The van der Waals surface area contributed by atoms with Crippen molar-refractivity contribution in [3.8, 4) is 0 Å². The molecule has 0 atom stereocenters. The molecular formula is C18H21ClFN7O. The summed E-state index contributed by atoms with van der Waals surface area (Å²) in [5.74, 6) is -0.140. The summed E-state index contributed by atoms with van der Waals surface area (Å²) in [7, 11) is 4.00. The molecule has 0 unspecified atom stereocenters. The van der Waals surface area contributed by atoms with Crippen molar-refractivity contribution < 1.29 is 9.60 Å². The number of likely N-dealkylation sites (N-methyl/N-ethyl adjacent to an activating group) is 1. The minimum atomic E-state index is -0.600. The number of nitrogens with one attached hydrogen (secondary N) is 3. The van der Waals surface area contributed by atoms with Crippen LogP contribution in [-0.2, 0) is 6.54 Å². The van der Waals surface area contributed by atoms with Crippen molar-refractivity contribution in [2.24, 2.45) is 0 Å². The molecule has 2 heterocycles. The number of imidazole rings is 1. The van der Waals surface area contributed by atoms with Crippen LogP contribution < -0.4 is 10.4 Å². The summed E-state index contributed by atoms with van der Waals surface area (Å²) in [6.45, 7) is 2.22. The van der Waals surface area contributed by atoms with Gasteiger partial charge in [-0.25, -0.2) is 19.4 Å². The number of halogens is 2. The van der Waals surface area contributed by atoms with Gasteiger partial charge in [-0.15, -0.1) is 0 Å². The molecule has 1 aromatic carbocycles. The number of aromatic nitrogens is 3. The average Bonchev–Trinajstić information content (AvgIpc) is 3.09. The number of nitrogens with zero attached hydrogens (tertiary/aromatic N) is 4. The highest BCUT2D eigenvalue weighted by Gasteiger charge is 2.18. The van der Waals surface area contributed by atoms with Crippen molar-refractivity contribution in [2.75, 3.05) is 32.2 Å². The van der Waals surface area contributed by atoms with E-state index in [2.05, 4.69) is 25.2 Å². The van der Waals surface area contributed by atoms with Gasteiger partial charge in [0.2, 0.25) is 0 Å². The molecule has 4 N–H and O–H groups in total. The second-order valence-corrected chi connectivity index (χ2v) is 6.89. The number of hydroxylamine groups is 1. The second kappa shape index (κ2) is 8.61. The SMILES string of the molecule is CN(C)CCNCc1nc2nccc(C(=N)N(O)c3ccc(F)c(Cl)c3)c2[nH]1. The molecule has 2 aromatic heterocycles. The van der Waals surface area contributed by atoms with Gasteiger partial charge < -0.3 is 15.2 Å². The molecule has 3 rings (SSSR count). The van der Waals surface area contributed by atoms with Crippen LogP contribution in [-0.4, -0.2) is 58.1 Å². The summed E-state index contributed by atoms with van der Waals surface area (Å²) in [5.41, 5.74) is 1.55. The van der Waals surface area contributed by atoms with Crippen LogP contribution in [0.25, 0.3) is 11.2 Å². The Labute approximate surface area is 166 Å². The molecule has 0 aliphatic carbocycles. The molecular weight excluding hydrogens is 385 g/mol. The van der Waals surface area contributed by atoms with Gasteiger partial charge >= 0.3 is 0 Å². The van der Waals surface area contributed by atoms with Crippen molar-refractivity contribution in [1.29, 1.82) is 5.41 Å². The Balaban J connectivity index is 1.81. The maximum absolute atomic E-state index is 13.4. The normalized spacial score (nSPS) is 11.4. The molecule has 0 amide bonds. The molecule has 28 heavy (non-hydrogen) atoms. The average molecular weight is 406 g/mol. The number of amidine groups is 1. The van der Waals surface area contributed by atoms with E-state index in [1.807, 2.05) is 14.1 Å². The van der Waals surface area contributed by atoms with Crippen LogP contribution in [0.15, 0.2) is 30.5 Å². The third-order valence-corrected chi connectivity index (χ3v) is 4.37. The fourth-order valence-corrected chi connectivity index (χ4v) is 2.78. The van der Waals surface area contributed by atoms with Gasteiger partial charge in [0.15, 0.2) is 11.5 Å². The number of H-pyrrole nitrogens is 1. The molecule has 0 aliphatic rings. The molecule has 0 aliphatic heterocycles. The van der Waals surface area contributed by atoms with E-state index in [1.165, 1.54) is 18.3 Å². The molecule has 0 radical (unpaired) electrons. The highest BCUT2D eigenvalue weighted by molar-refractivity contribution is 6.31. The first-order valence-electron chi connectivity index (χ1n) is 8.59. The summed E-state index contributed by atoms with van der Waals surface area (Å²) in [6.07, 6.45) is 1.52. The van der Waals surface area contributed by atoms with Crippen molar-refractivity contribution in [2.45, 2.75) is 6.54 Å². The zero-order chi connectivity index (χ0) is 20.3. The third kappa shape index (κ3) is 4.45. The van der Waals surface area contributed by atoms with Crippen LogP contribution in [0.4, 0.5) is 10.1 Å². The zero-order valence-electron chi connectivity index (χ0n) is 15.5. The molecule has 0 fully saturated rings. The predicted molar refractivity (Wildman–Crippen MR) is 107 cm³/mol. The quantitative estimate of drug-likeness (QED) is 0.208. The van der Waals surface area contributed by atoms with Crippen LogP contribution in [0.3, 0.4) is 0 Å². The lowest BCUT2D eigenvalue weighted by Gasteiger charge is -2.18. The van der Waals surface area contributed by atoms with E-state index in [9.17, 15) is 9.60 Å². The molecule has 0 spiro atoms. The van der Waals surface area contributed by atoms with Crippen LogP contribution >= 0.6 is 11.6 Å². The van der Waals surface area contributed by atoms with Crippen molar-refractivity contribution in [1.82, 2.24) is 25.2 Å². The molecule has 10 heteroatoms. The van der Waals surface area contributed by atoms with Gasteiger partial charge in [0.25, 0.3) is 0 Å². The Hall–Kier alpha value is -2.59. The van der Waals surface area contributed by atoms with E-state index in [-0.39, 0.29) is 16.5 Å². The lowest BCUT2D eigenvalue weighted by molar-refractivity contribution is 0.312. The Morgan fingerprint density at radius 1 is 1.36 bits per heavy atom. The van der Waals surface area contributed by atoms with E-state index in [1.54, 1.807) is 6.07 Å². The van der Waals surface area contributed by atoms with Crippen molar-refractivity contribution >= 4 is 34.3 Å². The van der Waals surface area contributed by atoms with Gasteiger partial charge in [-0.3, -0.25) is 10.6 Å². The lowest BCUT2D eigenvalue weighted by Crippen LogP contribution is -2.27. The van der Waals surface area contributed by atoms with Gasteiger partial charge in [-0.2, -0.15) is 0 Å². The van der Waals surface area contributed by atoms with Crippen molar-refractivity contribution in [3.63, 3.8) is 0 Å². The largest absolute Gasteiger partial charge is 0.339 e. The summed E-state index contributed by atoms with van der Waals surface area (Å²) in [5, 5.41) is 22.5. The molecule has 0 bridgehead atoms. The van der Waals surface area contributed by atoms with Crippen LogP contribution in [0, 0.1) is 11.2 Å². The Kier molecular flexibility index (Phi) is 6.20. The van der Waals surface area contributed by atoms with E-state index in [4.69, 9.17) is 17.0 Å². The van der Waals surface area contributed by atoms with Crippen molar-refractivity contribution in [3.05, 3.63) is 52.7 Å². The predicted octanol–water partition coefficient (Wildman–Crippen LogP) is 2.62. The van der Waals surface area contributed by atoms with E-state index in [0.29, 0.717) is 34.2 Å². The number of anilines is 1. The zero-order valence-corrected chi connectivity index (χ0v) is 16.3. The van der Waals surface area contributed by atoms with E-state index >= 15 is 0 Å². The van der Waals surface area contributed by atoms with Gasteiger partial charge in [0, 0.05) is 24.8 Å². The molecule has 148 valence electrons. The summed E-state index contributed by atoms with van der Waals surface area (Å²) in [6, 6.07) is 5.31. The van der Waals surface area contributed by atoms with Crippen LogP contribution in [0.5, 0.6) is 0 Å². The molecule has 0 saturated heterocycles. The van der Waals surface area contributed by atoms with Crippen LogP contribution in [0.1, 0.15) is 11.4 Å². The summed E-state index contributed by atoms with van der Waals surface area (Å²) >= 11 is 5.77. The number of fused-ring (bicyclic) bond motifs is 1. The lowest BCUT2D eigenvalue weighted by atomic mass is 10.2. The Bertz CT molecular complexity index is 991. The van der Waals surface area contributed by atoms with Gasteiger partial charge in [0.1, 0.15) is 11.6 Å². The fourth-order valence-electron chi connectivity index (χ4n) is 2.61. The number of benzene rings is 1. The first-order valence-corrected chi connectivity index (χ1v) is 8.96. The molecule has 3 aromatic rings. The third-order valence-electron chi connectivity index (χ3n) is 4.08. The minimum Gasteiger partial charge on any atom is -0.339 e. The second-order valence-electron chi connectivity index (χ2n) is 6.48. The smallest absolute Gasteiger partial charge is 0.178 e. The summed E-state index contributed by atoms with van der Waals surface area (Å²) < 4.78 is 13.4. The van der Waals surface area contributed by atoms with Crippen LogP contribution in [0.2, 0.25) is 5.02 Å². The Morgan fingerprint density at radius 3 is 2.86 bits per heavy atom. The maximum Gasteiger partial charge on any atom is 0.178 e. The van der Waals surface area contributed by atoms with Gasteiger partial charge in [-0.1, -0.05) is 11.6 Å². The maximum atomic E-state index is 13.4. The number of pyridine rings is 1. The van der Waals surface area contributed by atoms with Gasteiger partial charge in [-0.05, 0) is 38.4 Å². The standard InChI is InChI=1S/C18H21ClFN7O/c1-26(2)8-7-22-10-15-24-16-12(5-6-23-18(16)25-15)17(21)27(28)11-3-4-14(20)13(19)9-11/h3-6,9,21-22,28H,7-8,10H2,1-2H3,(H,23,24,25). The topological polar surface area (TPSA) is 104 Å². The minimum absolute atomic E-state index is 0.142. The van der Waals surface area contributed by atoms with E-state index < -0.39 is 5.82 Å². The molecule has 0 saturated carbocycles. The number of hydrogen-bond donors (Lipinski definition) is 4. The van der Waals surface area contributed by atoms with E-state index in [0.717, 1.165) is 19.2 Å². The first-order chi connectivity index (χ1) is 13.4. The monoisotopic (exact) mass is 405 g/mol. The Morgan fingerprint density at radius 2 is 2.14 bits per heavy atom. The number of rotatable bonds is 7. The first kappa shape index (κ1) is 20.2. The highest BCUT2D eigenvalue weighted by Crippen LogP contribution is 2.24. The molecule has 8 nitrogen and oxygen atoms in total. The number of aromatic amines is 1. The number of hydrogen-bond acceptors (Lipinski definition) is 6. The summed E-state index contributed by atoms with van der Waals surface area (Å²) in [4.78, 5) is 13.9.